The minimum absolute atomic E-state index is 0.0132. The summed E-state index contributed by atoms with van der Waals surface area (Å²) in [5.74, 6) is 0.234. The SMILES string of the molecule is O=C(CN1CCN(C(=O)Cn2cnnn2)CC1)N1CCCCC1. The topological polar surface area (TPSA) is 87.5 Å². The van der Waals surface area contributed by atoms with E-state index in [4.69, 9.17) is 0 Å². The third kappa shape index (κ3) is 4.25. The average molecular weight is 321 g/mol. The lowest BCUT2D eigenvalue weighted by Gasteiger charge is -2.36. The third-order valence-corrected chi connectivity index (χ3v) is 4.48. The van der Waals surface area contributed by atoms with Crippen LogP contribution in [0.5, 0.6) is 0 Å². The van der Waals surface area contributed by atoms with E-state index in [1.165, 1.54) is 17.4 Å². The second-order valence-electron chi connectivity index (χ2n) is 6.11. The van der Waals surface area contributed by atoms with Crippen molar-refractivity contribution in [2.24, 2.45) is 0 Å². The second kappa shape index (κ2) is 7.49. The molecule has 2 fully saturated rings. The van der Waals surface area contributed by atoms with Crippen molar-refractivity contribution in [1.82, 2.24) is 34.9 Å². The van der Waals surface area contributed by atoms with Gasteiger partial charge in [-0.3, -0.25) is 14.5 Å². The van der Waals surface area contributed by atoms with Crippen molar-refractivity contribution in [1.29, 1.82) is 0 Å². The van der Waals surface area contributed by atoms with Gasteiger partial charge in [0, 0.05) is 39.3 Å². The van der Waals surface area contributed by atoms with Gasteiger partial charge in [-0.2, -0.15) is 0 Å². The van der Waals surface area contributed by atoms with Crippen molar-refractivity contribution in [3.05, 3.63) is 6.33 Å². The highest BCUT2D eigenvalue weighted by molar-refractivity contribution is 5.78. The standard InChI is InChI=1S/C14H23N7O2/c22-13(19-4-2-1-3-5-19)10-18-6-8-20(9-7-18)14(23)11-21-12-15-16-17-21/h12H,1-11H2. The predicted molar refractivity (Wildman–Crippen MR) is 81.3 cm³/mol. The Morgan fingerprint density at radius 1 is 0.826 bits per heavy atom. The fourth-order valence-corrected chi connectivity index (χ4v) is 3.08. The molecular weight excluding hydrogens is 298 g/mol. The quantitative estimate of drug-likeness (QED) is 0.694. The largest absolute Gasteiger partial charge is 0.342 e. The zero-order chi connectivity index (χ0) is 16.1. The van der Waals surface area contributed by atoms with Gasteiger partial charge < -0.3 is 9.80 Å². The molecule has 0 unspecified atom stereocenters. The van der Waals surface area contributed by atoms with Crippen LogP contribution < -0.4 is 0 Å². The second-order valence-corrected chi connectivity index (χ2v) is 6.11. The summed E-state index contributed by atoms with van der Waals surface area (Å²) in [6.45, 7) is 5.19. The maximum Gasteiger partial charge on any atom is 0.244 e. The fraction of sp³-hybridized carbons (Fsp3) is 0.786. The Kier molecular flexibility index (Phi) is 5.16. The summed E-state index contributed by atoms with van der Waals surface area (Å²) in [6, 6.07) is 0. The number of aromatic nitrogens is 4. The van der Waals surface area contributed by atoms with E-state index in [0.29, 0.717) is 19.6 Å². The summed E-state index contributed by atoms with van der Waals surface area (Å²) in [6.07, 6.45) is 4.90. The summed E-state index contributed by atoms with van der Waals surface area (Å²) < 4.78 is 1.43. The summed E-state index contributed by atoms with van der Waals surface area (Å²) >= 11 is 0. The van der Waals surface area contributed by atoms with Gasteiger partial charge in [0.15, 0.2) is 0 Å². The van der Waals surface area contributed by atoms with Gasteiger partial charge in [-0.25, -0.2) is 4.68 Å². The number of rotatable bonds is 4. The van der Waals surface area contributed by atoms with Gasteiger partial charge in [0.2, 0.25) is 11.8 Å². The van der Waals surface area contributed by atoms with Crippen LogP contribution in [0.4, 0.5) is 0 Å². The van der Waals surface area contributed by atoms with E-state index >= 15 is 0 Å². The molecular formula is C14H23N7O2. The molecule has 0 spiro atoms. The Hall–Kier alpha value is -2.03. The van der Waals surface area contributed by atoms with Gasteiger partial charge >= 0.3 is 0 Å². The molecule has 0 aromatic carbocycles. The van der Waals surface area contributed by atoms with Crippen molar-refractivity contribution in [3.8, 4) is 0 Å². The first-order valence-electron chi connectivity index (χ1n) is 8.21. The molecule has 0 saturated carbocycles. The molecule has 0 N–H and O–H groups in total. The van der Waals surface area contributed by atoms with Crippen LogP contribution in [0.3, 0.4) is 0 Å². The number of piperazine rings is 1. The number of nitrogens with zero attached hydrogens (tertiary/aromatic N) is 7. The smallest absolute Gasteiger partial charge is 0.244 e. The lowest BCUT2D eigenvalue weighted by Crippen LogP contribution is -2.52. The Bertz CT molecular complexity index is 519. The van der Waals surface area contributed by atoms with Gasteiger partial charge in [0.1, 0.15) is 12.9 Å². The normalized spacial score (nSPS) is 19.8. The number of hydrogen-bond donors (Lipinski definition) is 0. The molecule has 9 heteroatoms. The van der Waals surface area contributed by atoms with Gasteiger partial charge in [-0.1, -0.05) is 0 Å². The highest BCUT2D eigenvalue weighted by Crippen LogP contribution is 2.10. The predicted octanol–water partition coefficient (Wildman–Crippen LogP) is -1.17. The Labute approximate surface area is 135 Å². The number of hydrogen-bond acceptors (Lipinski definition) is 6. The lowest BCUT2D eigenvalue weighted by molar-refractivity contribution is -0.136. The number of carbonyl (C=O) groups is 2. The first kappa shape index (κ1) is 15.9. The van der Waals surface area contributed by atoms with E-state index < -0.39 is 0 Å². The molecule has 0 bridgehead atoms. The van der Waals surface area contributed by atoms with Crippen molar-refractivity contribution in [3.63, 3.8) is 0 Å². The van der Waals surface area contributed by atoms with Gasteiger partial charge in [0.05, 0.1) is 6.54 Å². The molecule has 9 nitrogen and oxygen atoms in total. The molecule has 0 radical (unpaired) electrons. The number of carbonyl (C=O) groups excluding carboxylic acids is 2. The summed E-state index contributed by atoms with van der Waals surface area (Å²) in [5, 5.41) is 10.7. The Morgan fingerprint density at radius 2 is 1.48 bits per heavy atom. The molecule has 3 heterocycles. The zero-order valence-electron chi connectivity index (χ0n) is 13.3. The first-order valence-corrected chi connectivity index (χ1v) is 8.21. The summed E-state index contributed by atoms with van der Waals surface area (Å²) in [4.78, 5) is 30.3. The van der Waals surface area contributed by atoms with Crippen molar-refractivity contribution >= 4 is 11.8 Å². The summed E-state index contributed by atoms with van der Waals surface area (Å²) in [7, 11) is 0. The van der Waals surface area contributed by atoms with Crippen molar-refractivity contribution in [2.45, 2.75) is 25.8 Å². The van der Waals surface area contributed by atoms with E-state index in [0.717, 1.165) is 39.0 Å². The van der Waals surface area contributed by atoms with Crippen LogP contribution in [0, 0.1) is 0 Å². The maximum atomic E-state index is 12.3. The molecule has 3 rings (SSSR count). The van der Waals surface area contributed by atoms with Crippen molar-refractivity contribution in [2.75, 3.05) is 45.8 Å². The molecule has 23 heavy (non-hydrogen) atoms. The van der Waals surface area contributed by atoms with Crippen LogP contribution >= 0.6 is 0 Å². The molecule has 2 saturated heterocycles. The molecule has 1 aromatic heterocycles. The Morgan fingerprint density at radius 3 is 2.13 bits per heavy atom. The summed E-state index contributed by atoms with van der Waals surface area (Å²) in [5.41, 5.74) is 0. The lowest BCUT2D eigenvalue weighted by atomic mass is 10.1. The maximum absolute atomic E-state index is 12.3. The number of tetrazole rings is 1. The van der Waals surface area contributed by atoms with Crippen LogP contribution in [0.2, 0.25) is 0 Å². The monoisotopic (exact) mass is 321 g/mol. The fourth-order valence-electron chi connectivity index (χ4n) is 3.08. The molecule has 2 aliphatic rings. The van der Waals surface area contributed by atoms with Gasteiger partial charge in [-0.05, 0) is 29.7 Å². The molecule has 1 aromatic rings. The number of likely N-dealkylation sites (tertiary alicyclic amines) is 1. The van der Waals surface area contributed by atoms with Gasteiger partial charge in [-0.15, -0.1) is 5.10 Å². The molecule has 2 amide bonds. The average Bonchev–Trinajstić information content (AvgIpc) is 3.09. The zero-order valence-corrected chi connectivity index (χ0v) is 13.3. The molecule has 2 aliphatic heterocycles. The van der Waals surface area contributed by atoms with Crippen LogP contribution in [0.25, 0.3) is 0 Å². The van der Waals surface area contributed by atoms with Crippen LogP contribution in [0.1, 0.15) is 19.3 Å². The molecule has 0 aliphatic carbocycles. The highest BCUT2D eigenvalue weighted by atomic mass is 16.2. The van der Waals surface area contributed by atoms with E-state index in [2.05, 4.69) is 20.4 Å². The van der Waals surface area contributed by atoms with E-state index in [-0.39, 0.29) is 18.4 Å². The first-order chi connectivity index (χ1) is 11.2. The van der Waals surface area contributed by atoms with Gasteiger partial charge in [0.25, 0.3) is 0 Å². The van der Waals surface area contributed by atoms with Crippen molar-refractivity contribution < 1.29 is 9.59 Å². The Balaban J connectivity index is 1.41. The number of piperidine rings is 1. The number of amides is 2. The third-order valence-electron chi connectivity index (χ3n) is 4.48. The van der Waals surface area contributed by atoms with E-state index in [1.807, 2.05) is 9.80 Å². The molecule has 126 valence electrons. The highest BCUT2D eigenvalue weighted by Gasteiger charge is 2.24. The van der Waals surface area contributed by atoms with E-state index in [1.54, 1.807) is 0 Å². The van der Waals surface area contributed by atoms with Crippen LogP contribution in [-0.2, 0) is 16.1 Å². The van der Waals surface area contributed by atoms with Crippen LogP contribution in [0.15, 0.2) is 6.33 Å². The van der Waals surface area contributed by atoms with Crippen LogP contribution in [-0.4, -0.2) is 92.5 Å². The van der Waals surface area contributed by atoms with E-state index in [9.17, 15) is 9.59 Å². The minimum atomic E-state index is 0.0132. The molecule has 0 atom stereocenters. The minimum Gasteiger partial charge on any atom is -0.342 e.